The molecule has 4 amide bonds. The van der Waals surface area contributed by atoms with Crippen LogP contribution in [0.2, 0.25) is 0 Å². The number of hydrogen-bond donors (Lipinski definition) is 2. The second-order valence-corrected chi connectivity index (χ2v) is 8.78. The van der Waals surface area contributed by atoms with Gasteiger partial charge in [0, 0.05) is 5.39 Å². The number of aromatic nitrogens is 1. The van der Waals surface area contributed by atoms with Crippen molar-refractivity contribution >= 4 is 40.5 Å². The van der Waals surface area contributed by atoms with Crippen LogP contribution in [0.3, 0.4) is 0 Å². The summed E-state index contributed by atoms with van der Waals surface area (Å²) in [4.78, 5) is 42.1. The van der Waals surface area contributed by atoms with E-state index in [1.54, 1.807) is 0 Å². The third-order valence-electron chi connectivity index (χ3n) is 5.68. The first-order valence-corrected chi connectivity index (χ1v) is 10.8. The van der Waals surface area contributed by atoms with Crippen LogP contribution < -0.4 is 10.7 Å². The van der Waals surface area contributed by atoms with E-state index in [2.05, 4.69) is 15.7 Å². The lowest BCUT2D eigenvalue weighted by atomic mass is 9.82. The molecule has 7 nitrogen and oxygen atoms in total. The Bertz CT molecular complexity index is 1000. The minimum atomic E-state index is -0.843. The van der Waals surface area contributed by atoms with Gasteiger partial charge >= 0.3 is 6.03 Å². The van der Waals surface area contributed by atoms with Crippen LogP contribution in [0.4, 0.5) is 4.79 Å². The summed E-state index contributed by atoms with van der Waals surface area (Å²) in [7, 11) is 0. The average Bonchev–Trinajstić information content (AvgIpc) is 2.92. The highest BCUT2D eigenvalue weighted by Crippen LogP contribution is 2.33. The number of nitrogens with zero attached hydrogens (tertiary/aromatic N) is 2. The van der Waals surface area contributed by atoms with E-state index in [0.29, 0.717) is 12.8 Å². The molecule has 1 aromatic carbocycles. The Morgan fingerprint density at radius 3 is 2.72 bits per heavy atom. The van der Waals surface area contributed by atoms with Crippen molar-refractivity contribution in [1.82, 2.24) is 20.7 Å². The van der Waals surface area contributed by atoms with Crippen molar-refractivity contribution in [2.75, 3.05) is 5.75 Å². The van der Waals surface area contributed by atoms with Crippen molar-refractivity contribution < 1.29 is 14.4 Å². The fraction of sp³-hybridized carbons (Fsp3) is 0.429. The number of carbonyl (C=O) groups is 3. The van der Waals surface area contributed by atoms with E-state index >= 15 is 0 Å². The predicted octanol–water partition coefficient (Wildman–Crippen LogP) is 3.23. The Kier molecular flexibility index (Phi) is 5.21. The summed E-state index contributed by atoms with van der Waals surface area (Å²) in [6, 6.07) is 7.44. The number of carbonyl (C=O) groups excluding carboxylic acids is 3. The van der Waals surface area contributed by atoms with Crippen LogP contribution >= 0.6 is 11.8 Å². The zero-order valence-electron chi connectivity index (χ0n) is 16.6. The Hall–Kier alpha value is -2.61. The largest absolute Gasteiger partial charge is 0.344 e. The van der Waals surface area contributed by atoms with Crippen molar-refractivity contribution in [1.29, 1.82) is 0 Å². The topological polar surface area (TPSA) is 91.4 Å². The zero-order chi connectivity index (χ0) is 20.6. The summed E-state index contributed by atoms with van der Waals surface area (Å²) in [6.07, 6.45) is 4.11. The zero-order valence-corrected chi connectivity index (χ0v) is 17.4. The number of thioether (sulfide) groups is 1. The molecule has 0 bridgehead atoms. The van der Waals surface area contributed by atoms with Crippen molar-refractivity contribution in [2.45, 2.75) is 56.5 Å². The number of pyridine rings is 1. The summed E-state index contributed by atoms with van der Waals surface area (Å²) >= 11 is 1.29. The monoisotopic (exact) mass is 412 g/mol. The maximum atomic E-state index is 12.7. The lowest BCUT2D eigenvalue weighted by Gasteiger charge is -2.30. The number of rotatable bonds is 4. The van der Waals surface area contributed by atoms with Gasteiger partial charge in [0.1, 0.15) is 5.54 Å². The lowest BCUT2D eigenvalue weighted by Crippen LogP contribution is -2.51. The van der Waals surface area contributed by atoms with Crippen LogP contribution in [0.15, 0.2) is 29.3 Å². The molecule has 2 N–H and O–H groups in total. The lowest BCUT2D eigenvalue weighted by molar-refractivity contribution is -0.139. The van der Waals surface area contributed by atoms with Gasteiger partial charge in [-0.1, -0.05) is 49.2 Å². The summed E-state index contributed by atoms with van der Waals surface area (Å²) in [5.41, 5.74) is 4.72. The summed E-state index contributed by atoms with van der Waals surface area (Å²) < 4.78 is 0. The molecule has 1 saturated carbocycles. The van der Waals surface area contributed by atoms with E-state index in [4.69, 9.17) is 0 Å². The Morgan fingerprint density at radius 1 is 1.21 bits per heavy atom. The Balaban J connectivity index is 1.42. The molecule has 0 unspecified atom stereocenters. The standard InChI is InChI=1S/C21H24N4O3S/c1-13-7-6-8-15-14(2)11-17(22-18(13)15)29-12-16(26)24-25-19(27)21(23-20(25)28)9-4-3-5-10-21/h6-8,11H,3-5,9-10,12H2,1-2H3,(H,23,28)(H,24,26). The SMILES string of the molecule is Cc1cc(SCC(=O)NN2C(=O)NC3(CCCCC3)C2=O)nc2c(C)cccc12. The predicted molar refractivity (Wildman–Crippen MR) is 111 cm³/mol. The van der Waals surface area contributed by atoms with Crippen LogP contribution in [0.5, 0.6) is 0 Å². The molecular formula is C21H24N4O3S. The maximum Gasteiger partial charge on any atom is 0.344 e. The van der Waals surface area contributed by atoms with E-state index in [1.807, 2.05) is 38.1 Å². The van der Waals surface area contributed by atoms with Crippen molar-refractivity contribution in [3.63, 3.8) is 0 Å². The minimum absolute atomic E-state index is 0.0634. The number of urea groups is 1. The molecule has 29 heavy (non-hydrogen) atoms. The van der Waals surface area contributed by atoms with Crippen LogP contribution in [-0.4, -0.2) is 39.1 Å². The number of para-hydroxylation sites is 1. The molecule has 2 aromatic rings. The molecule has 0 atom stereocenters. The third-order valence-corrected chi connectivity index (χ3v) is 6.59. The smallest absolute Gasteiger partial charge is 0.322 e. The van der Waals surface area contributed by atoms with Crippen molar-refractivity contribution in [2.24, 2.45) is 0 Å². The number of imide groups is 1. The Morgan fingerprint density at radius 2 is 1.97 bits per heavy atom. The van der Waals surface area contributed by atoms with Crippen LogP contribution in [0, 0.1) is 13.8 Å². The molecule has 4 rings (SSSR count). The van der Waals surface area contributed by atoms with Gasteiger partial charge in [-0.15, -0.1) is 0 Å². The molecule has 8 heteroatoms. The number of amides is 4. The van der Waals surface area contributed by atoms with Gasteiger partial charge in [-0.05, 0) is 43.9 Å². The van der Waals surface area contributed by atoms with Gasteiger partial charge in [0.2, 0.25) is 5.91 Å². The number of hydrogen-bond acceptors (Lipinski definition) is 5. The summed E-state index contributed by atoms with van der Waals surface area (Å²) in [5.74, 6) is -0.694. The van der Waals surface area contributed by atoms with E-state index in [0.717, 1.165) is 51.3 Å². The summed E-state index contributed by atoms with van der Waals surface area (Å²) in [6.45, 7) is 4.03. The van der Waals surface area contributed by atoms with E-state index < -0.39 is 17.5 Å². The van der Waals surface area contributed by atoms with Gasteiger partial charge < -0.3 is 5.32 Å². The fourth-order valence-corrected chi connectivity index (χ4v) is 4.88. The molecule has 152 valence electrons. The second-order valence-electron chi connectivity index (χ2n) is 7.79. The van der Waals surface area contributed by atoms with Crippen LogP contribution in [-0.2, 0) is 9.59 Å². The minimum Gasteiger partial charge on any atom is -0.322 e. The third kappa shape index (κ3) is 3.69. The molecule has 1 aliphatic heterocycles. The molecule has 1 spiro atoms. The van der Waals surface area contributed by atoms with E-state index in [-0.39, 0.29) is 11.7 Å². The quantitative estimate of drug-likeness (QED) is 0.594. The first kappa shape index (κ1) is 19.7. The fourth-order valence-electron chi connectivity index (χ4n) is 4.12. The number of benzene rings is 1. The molecule has 0 radical (unpaired) electrons. The normalized spacial score (nSPS) is 18.3. The average molecular weight is 413 g/mol. The maximum absolute atomic E-state index is 12.7. The molecule has 1 aliphatic carbocycles. The number of nitrogens with one attached hydrogen (secondary N) is 2. The number of hydrazine groups is 1. The molecule has 2 aliphatic rings. The van der Waals surface area contributed by atoms with Gasteiger partial charge in [0.05, 0.1) is 16.3 Å². The first-order chi connectivity index (χ1) is 13.9. The number of aryl methyl sites for hydroxylation is 2. The Labute approximate surface area is 173 Å². The highest BCUT2D eigenvalue weighted by Gasteiger charge is 2.52. The number of fused-ring (bicyclic) bond motifs is 1. The van der Waals surface area contributed by atoms with Gasteiger partial charge in [0.15, 0.2) is 0 Å². The molecule has 2 fully saturated rings. The molecular weight excluding hydrogens is 388 g/mol. The van der Waals surface area contributed by atoms with E-state index in [1.165, 1.54) is 11.8 Å². The van der Waals surface area contributed by atoms with Crippen molar-refractivity contribution in [3.05, 3.63) is 35.4 Å². The molecule has 1 aromatic heterocycles. The molecule has 2 heterocycles. The highest BCUT2D eigenvalue weighted by atomic mass is 32.2. The first-order valence-electron chi connectivity index (χ1n) is 9.86. The molecule has 1 saturated heterocycles. The van der Waals surface area contributed by atoms with Crippen LogP contribution in [0.1, 0.15) is 43.2 Å². The van der Waals surface area contributed by atoms with E-state index in [9.17, 15) is 14.4 Å². The van der Waals surface area contributed by atoms with Crippen LogP contribution in [0.25, 0.3) is 10.9 Å². The second kappa shape index (κ2) is 7.67. The summed E-state index contributed by atoms with van der Waals surface area (Å²) in [5, 5.41) is 5.46. The highest BCUT2D eigenvalue weighted by molar-refractivity contribution is 7.99. The van der Waals surface area contributed by atoms with Gasteiger partial charge in [-0.3, -0.25) is 15.0 Å². The van der Waals surface area contributed by atoms with Crippen molar-refractivity contribution in [3.8, 4) is 0 Å². The van der Waals surface area contributed by atoms with Gasteiger partial charge in [-0.2, -0.15) is 5.01 Å². The van der Waals surface area contributed by atoms with Gasteiger partial charge in [0.25, 0.3) is 5.91 Å². The van der Waals surface area contributed by atoms with Gasteiger partial charge in [-0.25, -0.2) is 9.78 Å².